The van der Waals surface area contributed by atoms with Crippen molar-refractivity contribution >= 4 is 5.91 Å². The summed E-state index contributed by atoms with van der Waals surface area (Å²) in [5.41, 5.74) is -0.349. The van der Waals surface area contributed by atoms with Crippen molar-refractivity contribution in [2.45, 2.75) is 50.7 Å². The third kappa shape index (κ3) is 2.93. The molecule has 1 aromatic heterocycles. The molecule has 5 nitrogen and oxygen atoms in total. The van der Waals surface area contributed by atoms with E-state index in [-0.39, 0.29) is 17.7 Å². The molecule has 1 aliphatic rings. The summed E-state index contributed by atoms with van der Waals surface area (Å²) >= 11 is 0. The van der Waals surface area contributed by atoms with E-state index in [1.54, 1.807) is 17.0 Å². The topological polar surface area (TPSA) is 73.7 Å². The van der Waals surface area contributed by atoms with Crippen LogP contribution >= 0.6 is 0 Å². The van der Waals surface area contributed by atoms with Crippen LogP contribution in [0.25, 0.3) is 0 Å². The number of carbonyl (C=O) groups is 1. The van der Waals surface area contributed by atoms with Crippen LogP contribution < -0.4 is 0 Å². The van der Waals surface area contributed by atoms with Crippen molar-refractivity contribution in [1.29, 1.82) is 0 Å². The number of aliphatic hydroxyl groups is 1. The fourth-order valence-electron chi connectivity index (χ4n) is 2.84. The van der Waals surface area contributed by atoms with Crippen LogP contribution in [-0.2, 0) is 10.4 Å². The van der Waals surface area contributed by atoms with E-state index in [9.17, 15) is 15.0 Å². The minimum Gasteiger partial charge on any atom is -0.506 e. The fourth-order valence-corrected chi connectivity index (χ4v) is 2.84. The molecule has 0 atom stereocenters. The molecule has 1 amide bonds. The van der Waals surface area contributed by atoms with E-state index in [1.807, 2.05) is 14.0 Å². The molecule has 1 heterocycles. The Balaban J connectivity index is 2.03. The van der Waals surface area contributed by atoms with Crippen LogP contribution in [0.2, 0.25) is 0 Å². The molecule has 0 radical (unpaired) electrons. The Morgan fingerprint density at radius 3 is 2.60 bits per heavy atom. The smallest absolute Gasteiger partial charge is 0.222 e. The number of rotatable bonds is 3. The molecule has 5 heteroatoms. The summed E-state index contributed by atoms with van der Waals surface area (Å²) in [6.45, 7) is 1.86. The largest absolute Gasteiger partial charge is 0.506 e. The zero-order valence-electron chi connectivity index (χ0n) is 12.0. The first kappa shape index (κ1) is 14.8. The lowest BCUT2D eigenvalue weighted by Gasteiger charge is -2.39. The van der Waals surface area contributed by atoms with E-state index in [0.29, 0.717) is 25.0 Å². The molecule has 1 aliphatic carbocycles. The lowest BCUT2D eigenvalue weighted by molar-refractivity contribution is -0.133. The molecule has 0 aliphatic heterocycles. The Morgan fingerprint density at radius 1 is 1.45 bits per heavy atom. The highest BCUT2D eigenvalue weighted by Gasteiger charge is 2.37. The molecule has 2 rings (SSSR count). The third-order valence-corrected chi connectivity index (χ3v) is 4.25. The molecule has 1 fully saturated rings. The van der Waals surface area contributed by atoms with Crippen LogP contribution in [0.15, 0.2) is 18.3 Å². The maximum absolute atomic E-state index is 11.7. The second kappa shape index (κ2) is 5.79. The Hall–Kier alpha value is -1.62. The van der Waals surface area contributed by atoms with Crippen molar-refractivity contribution < 1.29 is 15.0 Å². The number of amides is 1. The Bertz CT molecular complexity index is 465. The van der Waals surface area contributed by atoms with E-state index in [2.05, 4.69) is 4.98 Å². The molecule has 0 spiro atoms. The van der Waals surface area contributed by atoms with E-state index < -0.39 is 5.60 Å². The van der Waals surface area contributed by atoms with Gasteiger partial charge < -0.3 is 15.1 Å². The summed E-state index contributed by atoms with van der Waals surface area (Å²) in [4.78, 5) is 17.6. The average Bonchev–Trinajstić information content (AvgIpc) is 2.47. The summed E-state index contributed by atoms with van der Waals surface area (Å²) < 4.78 is 0. The highest BCUT2D eigenvalue weighted by atomic mass is 16.3. The first-order valence-corrected chi connectivity index (χ1v) is 7.10. The zero-order valence-corrected chi connectivity index (χ0v) is 12.0. The van der Waals surface area contributed by atoms with E-state index in [4.69, 9.17) is 0 Å². The Labute approximate surface area is 119 Å². The Morgan fingerprint density at radius 2 is 2.10 bits per heavy atom. The van der Waals surface area contributed by atoms with Gasteiger partial charge in [0.2, 0.25) is 5.91 Å². The maximum Gasteiger partial charge on any atom is 0.222 e. The summed E-state index contributed by atoms with van der Waals surface area (Å²) in [7, 11) is 1.83. The van der Waals surface area contributed by atoms with Crippen LogP contribution in [0.1, 0.15) is 44.7 Å². The minimum absolute atomic E-state index is 0.0966. The number of carbonyl (C=O) groups excluding carboxylic acids is 1. The monoisotopic (exact) mass is 278 g/mol. The molecule has 0 bridgehead atoms. The first-order valence-electron chi connectivity index (χ1n) is 7.10. The number of nitrogens with zero attached hydrogens (tertiary/aromatic N) is 2. The third-order valence-electron chi connectivity index (χ3n) is 4.25. The minimum atomic E-state index is -0.944. The van der Waals surface area contributed by atoms with Crippen molar-refractivity contribution in [1.82, 2.24) is 9.88 Å². The number of aromatic nitrogens is 1. The van der Waals surface area contributed by atoms with Crippen molar-refractivity contribution in [3.8, 4) is 5.75 Å². The standard InChI is InChI=1S/C15H22N2O3/c1-3-14(19)17(2)11-6-8-15(20,9-7-11)13-5-4-12(18)10-16-13/h4-5,10-11,18,20H,3,6-9H2,1-2H3. The summed E-state index contributed by atoms with van der Waals surface area (Å²) in [5.74, 6) is 0.238. The normalized spacial score (nSPS) is 26.2. The van der Waals surface area contributed by atoms with Gasteiger partial charge in [0.25, 0.3) is 0 Å². The molecular weight excluding hydrogens is 256 g/mol. The first-order chi connectivity index (χ1) is 9.46. The van der Waals surface area contributed by atoms with Gasteiger partial charge in [0.15, 0.2) is 0 Å². The number of pyridine rings is 1. The van der Waals surface area contributed by atoms with Gasteiger partial charge in [-0.2, -0.15) is 0 Å². The number of aromatic hydroxyl groups is 1. The van der Waals surface area contributed by atoms with Crippen molar-refractivity contribution in [3.05, 3.63) is 24.0 Å². The molecule has 1 saturated carbocycles. The van der Waals surface area contributed by atoms with Gasteiger partial charge >= 0.3 is 0 Å². The SMILES string of the molecule is CCC(=O)N(C)C1CCC(O)(c2ccc(O)cn2)CC1. The molecule has 0 saturated heterocycles. The van der Waals surface area contributed by atoms with Crippen molar-refractivity contribution in [3.63, 3.8) is 0 Å². The highest BCUT2D eigenvalue weighted by molar-refractivity contribution is 5.75. The quantitative estimate of drug-likeness (QED) is 0.884. The fraction of sp³-hybridized carbons (Fsp3) is 0.600. The second-order valence-corrected chi connectivity index (χ2v) is 5.52. The second-order valence-electron chi connectivity index (χ2n) is 5.52. The van der Waals surface area contributed by atoms with Gasteiger partial charge in [-0.15, -0.1) is 0 Å². The maximum atomic E-state index is 11.7. The predicted octanol–water partition coefficient (Wildman–Crippen LogP) is 1.79. The summed E-state index contributed by atoms with van der Waals surface area (Å²) in [6.07, 6.45) is 4.55. The van der Waals surface area contributed by atoms with Gasteiger partial charge in [-0.3, -0.25) is 9.78 Å². The molecule has 1 aromatic rings. The zero-order chi connectivity index (χ0) is 14.8. The van der Waals surface area contributed by atoms with Crippen LogP contribution in [0.3, 0.4) is 0 Å². The van der Waals surface area contributed by atoms with Gasteiger partial charge in [-0.1, -0.05) is 6.92 Å². The molecule has 20 heavy (non-hydrogen) atoms. The predicted molar refractivity (Wildman–Crippen MR) is 75.1 cm³/mol. The van der Waals surface area contributed by atoms with Gasteiger partial charge in [0, 0.05) is 19.5 Å². The summed E-state index contributed by atoms with van der Waals surface area (Å²) in [5, 5.41) is 19.9. The molecule has 110 valence electrons. The summed E-state index contributed by atoms with van der Waals surface area (Å²) in [6, 6.07) is 3.40. The van der Waals surface area contributed by atoms with E-state index in [1.165, 1.54) is 6.20 Å². The van der Waals surface area contributed by atoms with Crippen LogP contribution in [0.4, 0.5) is 0 Å². The van der Waals surface area contributed by atoms with Crippen LogP contribution in [-0.4, -0.2) is 39.1 Å². The number of hydrogen-bond donors (Lipinski definition) is 2. The average molecular weight is 278 g/mol. The molecule has 0 unspecified atom stereocenters. The lowest BCUT2D eigenvalue weighted by atomic mass is 9.79. The van der Waals surface area contributed by atoms with Gasteiger partial charge in [-0.25, -0.2) is 0 Å². The lowest BCUT2D eigenvalue weighted by Crippen LogP contribution is -2.43. The number of hydrogen-bond acceptors (Lipinski definition) is 4. The van der Waals surface area contributed by atoms with Crippen LogP contribution in [0, 0.1) is 0 Å². The van der Waals surface area contributed by atoms with E-state index in [0.717, 1.165) is 12.8 Å². The van der Waals surface area contributed by atoms with Gasteiger partial charge in [0.05, 0.1) is 11.9 Å². The highest BCUT2D eigenvalue weighted by Crippen LogP contribution is 2.37. The van der Waals surface area contributed by atoms with Crippen molar-refractivity contribution in [2.75, 3.05) is 7.05 Å². The van der Waals surface area contributed by atoms with Gasteiger partial charge in [-0.05, 0) is 37.8 Å². The Kier molecular flexibility index (Phi) is 4.28. The van der Waals surface area contributed by atoms with Crippen LogP contribution in [0.5, 0.6) is 5.75 Å². The van der Waals surface area contributed by atoms with E-state index >= 15 is 0 Å². The molecular formula is C15H22N2O3. The van der Waals surface area contributed by atoms with Gasteiger partial charge in [0.1, 0.15) is 11.4 Å². The molecule has 0 aromatic carbocycles. The van der Waals surface area contributed by atoms with Crippen molar-refractivity contribution in [2.24, 2.45) is 0 Å². The molecule has 2 N–H and O–H groups in total.